The van der Waals surface area contributed by atoms with Crippen LogP contribution in [0.15, 0.2) is 45.6 Å². The van der Waals surface area contributed by atoms with Crippen LogP contribution in [0.4, 0.5) is 0 Å². The van der Waals surface area contributed by atoms with Gasteiger partial charge in [-0.25, -0.2) is 9.59 Å². The van der Waals surface area contributed by atoms with Crippen molar-refractivity contribution in [2.24, 2.45) is 5.92 Å². The zero-order chi connectivity index (χ0) is 20.0. The number of rotatable bonds is 2. The first kappa shape index (κ1) is 18.2. The van der Waals surface area contributed by atoms with Gasteiger partial charge in [-0.2, -0.15) is 0 Å². The number of aromatic hydroxyl groups is 1. The molecule has 4 heterocycles. The number of carbonyl (C=O) groups is 2. The molecule has 4 unspecified atom stereocenters. The molecule has 3 saturated heterocycles. The van der Waals surface area contributed by atoms with Gasteiger partial charge in [-0.3, -0.25) is 4.79 Å². The highest BCUT2D eigenvalue weighted by atomic mass is 16.6. The van der Waals surface area contributed by atoms with Gasteiger partial charge in [0.15, 0.2) is 0 Å². The Bertz CT molecular complexity index is 1030. The van der Waals surface area contributed by atoms with E-state index in [0.717, 1.165) is 6.42 Å². The van der Waals surface area contributed by atoms with Crippen LogP contribution in [-0.4, -0.2) is 35.4 Å². The lowest BCUT2D eigenvalue weighted by Gasteiger charge is -2.07. The predicted octanol–water partition coefficient (Wildman–Crippen LogP) is 1.88. The van der Waals surface area contributed by atoms with Crippen molar-refractivity contribution in [3.8, 4) is 11.5 Å². The minimum atomic E-state index is -0.761. The summed E-state index contributed by atoms with van der Waals surface area (Å²) in [5.74, 6) is -0.928. The van der Waals surface area contributed by atoms with Crippen LogP contribution in [0.25, 0.3) is 11.0 Å². The molecule has 5 rings (SSSR count). The standard InChI is InChI=1S/C13H10O5.C7H7O3/c1-7(2)12(15)18-11-6-8-5-9(14)3-4-10(8)17-13(11)16;8-7-4-1-3-2-5(10-7)6(4)9-3/h3-6,14H,1H2,2H3;2-6H,1H2. The van der Waals surface area contributed by atoms with Crippen LogP contribution in [0, 0.1) is 12.3 Å². The van der Waals surface area contributed by atoms with E-state index in [2.05, 4.69) is 6.58 Å². The van der Waals surface area contributed by atoms with Crippen molar-refractivity contribution in [2.45, 2.75) is 31.7 Å². The molecule has 1 radical (unpaired) electrons. The van der Waals surface area contributed by atoms with Gasteiger partial charge in [-0.05, 0) is 37.6 Å². The molecule has 8 heteroatoms. The third-order valence-corrected chi connectivity index (χ3v) is 4.73. The zero-order valence-corrected chi connectivity index (χ0v) is 14.9. The fraction of sp³-hybridized carbons (Fsp3) is 0.300. The van der Waals surface area contributed by atoms with Crippen LogP contribution >= 0.6 is 0 Å². The Hall–Kier alpha value is -3.13. The lowest BCUT2D eigenvalue weighted by Crippen LogP contribution is -2.22. The summed E-state index contributed by atoms with van der Waals surface area (Å²) in [6.45, 7) is 4.88. The normalized spacial score (nSPS) is 26.5. The van der Waals surface area contributed by atoms with Gasteiger partial charge in [-0.1, -0.05) is 6.58 Å². The van der Waals surface area contributed by atoms with E-state index >= 15 is 0 Å². The van der Waals surface area contributed by atoms with Crippen molar-refractivity contribution in [3.63, 3.8) is 0 Å². The Morgan fingerprint density at radius 3 is 2.71 bits per heavy atom. The molecule has 145 valence electrons. The zero-order valence-electron chi connectivity index (χ0n) is 14.9. The summed E-state index contributed by atoms with van der Waals surface area (Å²) < 4.78 is 20.2. The quantitative estimate of drug-likeness (QED) is 0.474. The molecule has 0 amide bonds. The largest absolute Gasteiger partial charge is 0.508 e. The molecule has 28 heavy (non-hydrogen) atoms. The minimum absolute atomic E-state index is 0.0174. The third kappa shape index (κ3) is 3.27. The second-order valence-electron chi connectivity index (χ2n) is 6.87. The van der Waals surface area contributed by atoms with Crippen molar-refractivity contribution >= 4 is 22.9 Å². The van der Waals surface area contributed by atoms with E-state index in [0.29, 0.717) is 11.0 Å². The number of phenols is 1. The molecule has 0 aliphatic carbocycles. The maximum Gasteiger partial charge on any atom is 0.379 e. The van der Waals surface area contributed by atoms with Gasteiger partial charge in [0.25, 0.3) is 0 Å². The van der Waals surface area contributed by atoms with E-state index < -0.39 is 11.6 Å². The second kappa shape index (κ2) is 6.79. The third-order valence-electron chi connectivity index (χ3n) is 4.73. The monoisotopic (exact) mass is 385 g/mol. The Balaban J connectivity index is 0.000000159. The van der Waals surface area contributed by atoms with E-state index in [9.17, 15) is 19.5 Å². The second-order valence-corrected chi connectivity index (χ2v) is 6.87. The smallest absolute Gasteiger partial charge is 0.379 e. The summed E-state index contributed by atoms with van der Waals surface area (Å²) >= 11 is 0. The molecule has 2 aromatic rings. The highest BCUT2D eigenvalue weighted by molar-refractivity contribution is 5.89. The molecular formula is C20H17O8. The van der Waals surface area contributed by atoms with Crippen LogP contribution in [0.3, 0.4) is 0 Å². The molecular weight excluding hydrogens is 368 g/mol. The molecule has 1 N–H and O–H groups in total. The Morgan fingerprint density at radius 1 is 1.29 bits per heavy atom. The minimum Gasteiger partial charge on any atom is -0.508 e. The summed E-state index contributed by atoms with van der Waals surface area (Å²) in [6.07, 6.45) is 3.09. The van der Waals surface area contributed by atoms with Crippen molar-refractivity contribution < 1.29 is 33.3 Å². The Morgan fingerprint density at radius 2 is 2.07 bits per heavy atom. The van der Waals surface area contributed by atoms with E-state index in [-0.39, 0.29) is 47.3 Å². The van der Waals surface area contributed by atoms with Crippen LogP contribution in [0.1, 0.15) is 13.3 Å². The first-order chi connectivity index (χ1) is 13.3. The van der Waals surface area contributed by atoms with Gasteiger partial charge in [-0.15, -0.1) is 0 Å². The van der Waals surface area contributed by atoms with E-state index in [1.807, 2.05) is 6.42 Å². The molecule has 3 aliphatic rings. The number of phenolic OH excluding ortho intramolecular Hbond substituents is 1. The van der Waals surface area contributed by atoms with Crippen molar-refractivity contribution in [3.05, 3.63) is 53.3 Å². The number of ether oxygens (including phenoxy) is 3. The van der Waals surface area contributed by atoms with Crippen molar-refractivity contribution in [1.29, 1.82) is 0 Å². The van der Waals surface area contributed by atoms with Crippen LogP contribution < -0.4 is 10.4 Å². The molecule has 3 aliphatic heterocycles. The molecule has 3 fully saturated rings. The molecule has 1 aromatic carbocycles. The molecule has 2 bridgehead atoms. The number of fused-ring (bicyclic) bond motifs is 2. The van der Waals surface area contributed by atoms with E-state index in [1.165, 1.54) is 31.2 Å². The maximum atomic E-state index is 11.5. The van der Waals surface area contributed by atoms with Gasteiger partial charge < -0.3 is 23.7 Å². The molecule has 0 saturated carbocycles. The number of carbonyl (C=O) groups excluding carboxylic acids is 2. The van der Waals surface area contributed by atoms with Crippen LogP contribution in [-0.2, 0) is 19.1 Å². The summed E-state index contributed by atoms with van der Waals surface area (Å²) in [5, 5.41) is 9.78. The lowest BCUT2D eigenvalue weighted by molar-refractivity contribution is -0.142. The summed E-state index contributed by atoms with van der Waals surface area (Å²) in [5.41, 5.74) is -0.291. The van der Waals surface area contributed by atoms with Gasteiger partial charge in [0.1, 0.15) is 23.5 Å². The summed E-state index contributed by atoms with van der Waals surface area (Å²) in [4.78, 5) is 33.8. The van der Waals surface area contributed by atoms with Crippen molar-refractivity contribution in [2.75, 3.05) is 0 Å². The van der Waals surface area contributed by atoms with E-state index in [1.54, 1.807) is 0 Å². The summed E-state index contributed by atoms with van der Waals surface area (Å²) in [7, 11) is 0. The van der Waals surface area contributed by atoms with Crippen LogP contribution in [0.2, 0.25) is 0 Å². The highest BCUT2D eigenvalue weighted by Crippen LogP contribution is 2.45. The van der Waals surface area contributed by atoms with Crippen LogP contribution in [0.5, 0.6) is 11.5 Å². The Kier molecular flexibility index (Phi) is 4.43. The summed E-state index contributed by atoms with van der Waals surface area (Å²) in [6, 6.07) is 5.58. The lowest BCUT2D eigenvalue weighted by atomic mass is 9.90. The van der Waals surface area contributed by atoms with Gasteiger partial charge >= 0.3 is 17.6 Å². The highest BCUT2D eigenvalue weighted by Gasteiger charge is 2.58. The van der Waals surface area contributed by atoms with Crippen molar-refractivity contribution in [1.82, 2.24) is 0 Å². The average molecular weight is 385 g/mol. The number of esters is 2. The van der Waals surface area contributed by atoms with Gasteiger partial charge in [0.05, 0.1) is 12.0 Å². The fourth-order valence-electron chi connectivity index (χ4n) is 3.40. The first-order valence-electron chi connectivity index (χ1n) is 8.67. The number of hydrogen-bond donors (Lipinski definition) is 1. The Labute approximate surface area is 159 Å². The van der Waals surface area contributed by atoms with Gasteiger partial charge in [0.2, 0.25) is 5.75 Å². The predicted molar refractivity (Wildman–Crippen MR) is 95.5 cm³/mol. The molecule has 1 aromatic heterocycles. The number of hydrogen-bond acceptors (Lipinski definition) is 8. The fourth-order valence-corrected chi connectivity index (χ4v) is 3.40. The maximum absolute atomic E-state index is 11.5. The molecule has 4 atom stereocenters. The average Bonchev–Trinajstić information content (AvgIpc) is 3.27. The molecule has 8 nitrogen and oxygen atoms in total. The van der Waals surface area contributed by atoms with E-state index in [4.69, 9.17) is 18.6 Å². The van der Waals surface area contributed by atoms with Gasteiger partial charge in [0, 0.05) is 17.4 Å². The topological polar surface area (TPSA) is 112 Å². The molecule has 0 spiro atoms. The first-order valence-corrected chi connectivity index (χ1v) is 8.67. The number of benzene rings is 1. The SMILES string of the molecule is C=C(C)C(=O)Oc1cc2cc(O)ccc2oc1=O.O=C1OC2[CH]C3CC1C2O3.